The molecule has 1 aliphatic rings. The van der Waals surface area contributed by atoms with Crippen molar-refractivity contribution in [1.29, 1.82) is 0 Å². The van der Waals surface area contributed by atoms with Gasteiger partial charge in [0.25, 0.3) is 0 Å². The van der Waals surface area contributed by atoms with Crippen LogP contribution in [-0.4, -0.2) is 40.3 Å². The third-order valence-corrected chi connectivity index (χ3v) is 2.68. The molecule has 15 heavy (non-hydrogen) atoms. The fourth-order valence-corrected chi connectivity index (χ4v) is 1.56. The highest BCUT2D eigenvalue weighted by atomic mass is 16.4. The molecule has 0 saturated heterocycles. The van der Waals surface area contributed by atoms with Crippen LogP contribution < -0.4 is 11.1 Å². The van der Waals surface area contributed by atoms with Crippen LogP contribution in [0.1, 0.15) is 25.7 Å². The maximum Gasteiger partial charge on any atom is 0.328 e. The molecular formula is C9H16N2O4. The van der Waals surface area contributed by atoms with Crippen molar-refractivity contribution < 1.29 is 19.8 Å². The zero-order valence-electron chi connectivity index (χ0n) is 8.40. The van der Waals surface area contributed by atoms with E-state index in [-0.39, 0.29) is 6.42 Å². The van der Waals surface area contributed by atoms with E-state index in [2.05, 4.69) is 5.32 Å². The normalized spacial score (nSPS) is 20.1. The Labute approximate surface area is 87.5 Å². The number of rotatable bonds is 5. The monoisotopic (exact) mass is 216 g/mol. The molecule has 0 heterocycles. The summed E-state index contributed by atoms with van der Waals surface area (Å²) in [5.41, 5.74) is 5.36. The highest BCUT2D eigenvalue weighted by molar-refractivity contribution is 5.84. The van der Waals surface area contributed by atoms with Gasteiger partial charge in [-0.1, -0.05) is 0 Å². The molecule has 0 spiro atoms. The Kier molecular flexibility index (Phi) is 3.65. The van der Waals surface area contributed by atoms with Crippen molar-refractivity contribution >= 4 is 11.9 Å². The molecule has 0 aromatic carbocycles. The third-order valence-electron chi connectivity index (χ3n) is 2.68. The summed E-state index contributed by atoms with van der Waals surface area (Å²) < 4.78 is 0. The molecule has 5 N–H and O–H groups in total. The molecule has 1 fully saturated rings. The molecule has 6 nitrogen and oxygen atoms in total. The Morgan fingerprint density at radius 2 is 2.07 bits per heavy atom. The van der Waals surface area contributed by atoms with Gasteiger partial charge in [0.1, 0.15) is 6.04 Å². The average Bonchev–Trinajstić information content (AvgIpc) is 2.11. The fourth-order valence-electron chi connectivity index (χ4n) is 1.56. The zero-order valence-corrected chi connectivity index (χ0v) is 8.40. The van der Waals surface area contributed by atoms with Crippen LogP contribution in [0.2, 0.25) is 0 Å². The number of amides is 1. The van der Waals surface area contributed by atoms with Gasteiger partial charge in [-0.3, -0.25) is 4.79 Å². The van der Waals surface area contributed by atoms with E-state index in [1.807, 2.05) is 0 Å². The van der Waals surface area contributed by atoms with E-state index < -0.39 is 30.1 Å². The van der Waals surface area contributed by atoms with Crippen LogP contribution in [-0.2, 0) is 9.59 Å². The molecule has 1 aliphatic carbocycles. The molecule has 0 radical (unpaired) electrons. The van der Waals surface area contributed by atoms with E-state index >= 15 is 0 Å². The predicted molar refractivity (Wildman–Crippen MR) is 52.0 cm³/mol. The lowest BCUT2D eigenvalue weighted by molar-refractivity contribution is -0.143. The van der Waals surface area contributed by atoms with E-state index in [4.69, 9.17) is 15.9 Å². The van der Waals surface area contributed by atoms with Crippen LogP contribution in [0, 0.1) is 0 Å². The van der Waals surface area contributed by atoms with Gasteiger partial charge in [-0.15, -0.1) is 0 Å². The summed E-state index contributed by atoms with van der Waals surface area (Å²) in [6, 6.07) is -1.24. The van der Waals surface area contributed by atoms with Crippen molar-refractivity contribution in [3.63, 3.8) is 0 Å². The Morgan fingerprint density at radius 1 is 1.47 bits per heavy atom. The standard InChI is InChI=1S/C9H16N2O4/c10-9(2-1-3-9)4-7(13)11-6(5-12)8(14)15/h6,12H,1-5,10H2,(H,11,13)(H,14,15). The number of nitrogens with one attached hydrogen (secondary N) is 1. The predicted octanol–water partition coefficient (Wildman–Crippen LogP) is -1.18. The molecule has 0 aliphatic heterocycles. The van der Waals surface area contributed by atoms with Crippen molar-refractivity contribution in [3.05, 3.63) is 0 Å². The maximum atomic E-state index is 11.4. The Balaban J connectivity index is 2.37. The minimum atomic E-state index is -1.24. The van der Waals surface area contributed by atoms with E-state index in [0.717, 1.165) is 19.3 Å². The Morgan fingerprint density at radius 3 is 2.40 bits per heavy atom. The summed E-state index contributed by atoms with van der Waals surface area (Å²) in [6.07, 6.45) is 2.71. The summed E-state index contributed by atoms with van der Waals surface area (Å²) in [6.45, 7) is -0.612. The first-order chi connectivity index (χ1) is 6.97. The topological polar surface area (TPSA) is 113 Å². The Hall–Kier alpha value is -1.14. The van der Waals surface area contributed by atoms with E-state index in [0.29, 0.717) is 0 Å². The van der Waals surface area contributed by atoms with Gasteiger partial charge in [-0.05, 0) is 19.3 Å². The number of carboxylic acid groups (broad SMARTS) is 1. The number of hydrogen-bond donors (Lipinski definition) is 4. The molecule has 1 amide bonds. The second kappa shape index (κ2) is 4.59. The van der Waals surface area contributed by atoms with Gasteiger partial charge in [0.15, 0.2) is 0 Å². The van der Waals surface area contributed by atoms with Crippen molar-refractivity contribution in [2.75, 3.05) is 6.61 Å². The van der Waals surface area contributed by atoms with Crippen LogP contribution in [0.5, 0.6) is 0 Å². The minimum absolute atomic E-state index is 0.122. The molecular weight excluding hydrogens is 200 g/mol. The zero-order chi connectivity index (χ0) is 11.5. The lowest BCUT2D eigenvalue weighted by Gasteiger charge is -2.37. The second-order valence-electron chi connectivity index (χ2n) is 4.03. The van der Waals surface area contributed by atoms with Gasteiger partial charge in [0.05, 0.1) is 6.61 Å². The highest BCUT2D eigenvalue weighted by Crippen LogP contribution is 2.31. The first kappa shape index (κ1) is 11.9. The van der Waals surface area contributed by atoms with Gasteiger partial charge in [0.2, 0.25) is 5.91 Å². The van der Waals surface area contributed by atoms with Gasteiger partial charge >= 0.3 is 5.97 Å². The smallest absolute Gasteiger partial charge is 0.328 e. The molecule has 1 atom stereocenters. The number of hydrogen-bond acceptors (Lipinski definition) is 4. The van der Waals surface area contributed by atoms with Crippen molar-refractivity contribution in [2.45, 2.75) is 37.3 Å². The highest BCUT2D eigenvalue weighted by Gasteiger charge is 2.35. The van der Waals surface area contributed by atoms with Gasteiger partial charge in [-0.25, -0.2) is 4.79 Å². The van der Waals surface area contributed by atoms with Crippen LogP contribution in [0.3, 0.4) is 0 Å². The number of nitrogens with two attached hydrogens (primary N) is 1. The summed E-state index contributed by atoms with van der Waals surface area (Å²) in [4.78, 5) is 21.9. The van der Waals surface area contributed by atoms with Crippen LogP contribution in [0.15, 0.2) is 0 Å². The lowest BCUT2D eigenvalue weighted by atomic mass is 9.75. The molecule has 0 bridgehead atoms. The number of aliphatic carboxylic acids is 1. The van der Waals surface area contributed by atoms with Crippen LogP contribution in [0.25, 0.3) is 0 Å². The molecule has 1 rings (SSSR count). The van der Waals surface area contributed by atoms with Gasteiger partial charge < -0.3 is 21.3 Å². The number of aliphatic hydroxyl groups is 1. The number of carbonyl (C=O) groups excluding carboxylic acids is 1. The summed E-state index contributed by atoms with van der Waals surface area (Å²) >= 11 is 0. The summed E-state index contributed by atoms with van der Waals surface area (Å²) in [7, 11) is 0. The van der Waals surface area contributed by atoms with Crippen LogP contribution >= 0.6 is 0 Å². The largest absolute Gasteiger partial charge is 0.480 e. The first-order valence-corrected chi connectivity index (χ1v) is 4.89. The molecule has 0 aromatic rings. The fraction of sp³-hybridized carbons (Fsp3) is 0.778. The number of carboxylic acids is 1. The quantitative estimate of drug-likeness (QED) is 0.462. The summed E-state index contributed by atoms with van der Waals surface area (Å²) in [5, 5.41) is 19.5. The van der Waals surface area contributed by atoms with Crippen molar-refractivity contribution in [2.24, 2.45) is 5.73 Å². The van der Waals surface area contributed by atoms with E-state index in [1.54, 1.807) is 0 Å². The van der Waals surface area contributed by atoms with Gasteiger partial charge in [0, 0.05) is 12.0 Å². The summed E-state index contributed by atoms with van der Waals surface area (Å²) in [5.74, 6) is -1.66. The molecule has 6 heteroatoms. The van der Waals surface area contributed by atoms with E-state index in [9.17, 15) is 9.59 Å². The Bertz CT molecular complexity index is 263. The van der Waals surface area contributed by atoms with E-state index in [1.165, 1.54) is 0 Å². The second-order valence-corrected chi connectivity index (χ2v) is 4.03. The minimum Gasteiger partial charge on any atom is -0.480 e. The van der Waals surface area contributed by atoms with Crippen LogP contribution in [0.4, 0.5) is 0 Å². The van der Waals surface area contributed by atoms with Crippen molar-refractivity contribution in [3.8, 4) is 0 Å². The maximum absolute atomic E-state index is 11.4. The SMILES string of the molecule is NC1(CC(=O)NC(CO)C(=O)O)CCC1. The average molecular weight is 216 g/mol. The lowest BCUT2D eigenvalue weighted by Crippen LogP contribution is -2.52. The molecule has 86 valence electrons. The number of aliphatic hydroxyl groups excluding tert-OH is 1. The first-order valence-electron chi connectivity index (χ1n) is 4.89. The third kappa shape index (κ3) is 3.17. The van der Waals surface area contributed by atoms with Gasteiger partial charge in [-0.2, -0.15) is 0 Å². The molecule has 1 unspecified atom stereocenters. The molecule has 1 saturated carbocycles. The van der Waals surface area contributed by atoms with Crippen molar-refractivity contribution in [1.82, 2.24) is 5.32 Å². The number of carbonyl (C=O) groups is 2. The molecule has 0 aromatic heterocycles.